The highest BCUT2D eigenvalue weighted by Crippen LogP contribution is 2.37. The van der Waals surface area contributed by atoms with Crippen LogP contribution in [0.15, 0.2) is 41.0 Å². The van der Waals surface area contributed by atoms with Crippen LogP contribution in [0.4, 0.5) is 24.5 Å². The van der Waals surface area contributed by atoms with Gasteiger partial charge >= 0.3 is 6.18 Å². The van der Waals surface area contributed by atoms with E-state index in [-0.39, 0.29) is 11.4 Å². The Labute approximate surface area is 146 Å². The molecule has 0 radical (unpaired) electrons. The number of furan rings is 1. The van der Waals surface area contributed by atoms with E-state index in [0.29, 0.717) is 13.0 Å². The fourth-order valence-corrected chi connectivity index (χ4v) is 2.56. The van der Waals surface area contributed by atoms with Crippen LogP contribution in [0.3, 0.4) is 0 Å². The summed E-state index contributed by atoms with van der Waals surface area (Å²) in [4.78, 5) is 23.9. The quantitative estimate of drug-likeness (QED) is 0.863. The second-order valence-electron chi connectivity index (χ2n) is 5.68. The molecule has 2 amide bonds. The number of carbonyl (C=O) groups is 2. The van der Waals surface area contributed by atoms with Gasteiger partial charge in [0, 0.05) is 12.3 Å². The predicted octanol–water partition coefficient (Wildman–Crippen LogP) is 3.67. The lowest BCUT2D eigenvalue weighted by Gasteiger charge is -2.16. The number of anilines is 2. The fourth-order valence-electron chi connectivity index (χ4n) is 2.56. The number of hydrogen-bond donors (Lipinski definition) is 2. The molecule has 1 aromatic carbocycles. The van der Waals surface area contributed by atoms with Crippen molar-refractivity contribution in [1.29, 1.82) is 0 Å². The van der Waals surface area contributed by atoms with E-state index in [1.807, 2.05) is 0 Å². The Balaban J connectivity index is 1.81. The van der Waals surface area contributed by atoms with Crippen molar-refractivity contribution >= 4 is 23.2 Å². The van der Waals surface area contributed by atoms with Gasteiger partial charge in [-0.25, -0.2) is 0 Å². The van der Waals surface area contributed by atoms with Crippen molar-refractivity contribution in [2.75, 3.05) is 17.2 Å². The summed E-state index contributed by atoms with van der Waals surface area (Å²) in [6.07, 6.45) is -2.90. The molecule has 138 valence electrons. The Morgan fingerprint density at radius 2 is 1.96 bits per heavy atom. The van der Waals surface area contributed by atoms with Crippen LogP contribution in [-0.2, 0) is 15.7 Å². The number of nitrogens with one attached hydrogen (secondary N) is 2. The molecule has 6 nitrogen and oxygen atoms in total. The summed E-state index contributed by atoms with van der Waals surface area (Å²) in [6.45, 7) is 0.448. The lowest BCUT2D eigenvalue weighted by atomic mass is 10.1. The molecule has 1 aliphatic rings. The van der Waals surface area contributed by atoms with Crippen LogP contribution < -0.4 is 10.6 Å². The molecule has 0 spiro atoms. The summed E-state index contributed by atoms with van der Waals surface area (Å²) in [5, 5.41) is 4.57. The van der Waals surface area contributed by atoms with E-state index in [2.05, 4.69) is 10.6 Å². The molecule has 2 aromatic rings. The Morgan fingerprint density at radius 3 is 2.58 bits per heavy atom. The summed E-state index contributed by atoms with van der Waals surface area (Å²) >= 11 is 0. The standard InChI is InChI=1S/C17H15F3N2O4/c18-17(19,20)11-9-10(21-15(23)13-3-1-7-25-13)5-6-12(11)22-16(24)14-4-2-8-26-14/h2,4-6,8-9,13H,1,3,7H2,(H,21,23)(H,22,24)/t13-/m1/s1. The molecule has 9 heteroatoms. The molecule has 2 N–H and O–H groups in total. The van der Waals surface area contributed by atoms with Gasteiger partial charge in [0.25, 0.3) is 11.8 Å². The highest BCUT2D eigenvalue weighted by Gasteiger charge is 2.35. The molecular weight excluding hydrogens is 353 g/mol. The van der Waals surface area contributed by atoms with Gasteiger partial charge in [-0.15, -0.1) is 0 Å². The van der Waals surface area contributed by atoms with Gasteiger partial charge in [-0.1, -0.05) is 0 Å². The third kappa shape index (κ3) is 4.05. The third-order valence-electron chi connectivity index (χ3n) is 3.81. The maximum atomic E-state index is 13.3. The minimum Gasteiger partial charge on any atom is -0.459 e. The molecule has 0 saturated carbocycles. The van der Waals surface area contributed by atoms with Gasteiger partial charge in [0.05, 0.1) is 17.5 Å². The average Bonchev–Trinajstić information content (AvgIpc) is 3.29. The van der Waals surface area contributed by atoms with Crippen LogP contribution in [0.25, 0.3) is 0 Å². The van der Waals surface area contributed by atoms with Crippen molar-refractivity contribution in [3.8, 4) is 0 Å². The number of alkyl halides is 3. The summed E-state index contributed by atoms with van der Waals surface area (Å²) in [7, 11) is 0. The zero-order valence-corrected chi connectivity index (χ0v) is 13.4. The molecule has 1 aromatic heterocycles. The number of benzene rings is 1. The Kier molecular flexibility index (Phi) is 4.99. The van der Waals surface area contributed by atoms with Gasteiger partial charge < -0.3 is 19.8 Å². The van der Waals surface area contributed by atoms with E-state index < -0.39 is 35.3 Å². The van der Waals surface area contributed by atoms with Crippen LogP contribution >= 0.6 is 0 Å². The molecule has 0 unspecified atom stereocenters. The van der Waals surface area contributed by atoms with Crippen molar-refractivity contribution in [3.05, 3.63) is 47.9 Å². The number of amides is 2. The fraction of sp³-hybridized carbons (Fsp3) is 0.294. The Hall–Kier alpha value is -2.81. The van der Waals surface area contributed by atoms with Crippen LogP contribution in [0.5, 0.6) is 0 Å². The van der Waals surface area contributed by atoms with Gasteiger partial charge in [0.15, 0.2) is 5.76 Å². The van der Waals surface area contributed by atoms with E-state index in [1.165, 1.54) is 24.5 Å². The van der Waals surface area contributed by atoms with Crippen molar-refractivity contribution in [1.82, 2.24) is 0 Å². The molecule has 1 aliphatic heterocycles. The number of rotatable bonds is 4. The number of ether oxygens (including phenoxy) is 1. The molecule has 3 rings (SSSR count). The van der Waals surface area contributed by atoms with Crippen molar-refractivity contribution in [2.45, 2.75) is 25.1 Å². The minimum atomic E-state index is -4.73. The Morgan fingerprint density at radius 1 is 1.15 bits per heavy atom. The zero-order valence-electron chi connectivity index (χ0n) is 13.4. The van der Waals surface area contributed by atoms with E-state index in [0.717, 1.165) is 18.6 Å². The second kappa shape index (κ2) is 7.20. The largest absolute Gasteiger partial charge is 0.459 e. The third-order valence-corrected chi connectivity index (χ3v) is 3.81. The van der Waals surface area contributed by atoms with Crippen LogP contribution in [-0.4, -0.2) is 24.5 Å². The van der Waals surface area contributed by atoms with Gasteiger partial charge in [-0.3, -0.25) is 9.59 Å². The van der Waals surface area contributed by atoms with Crippen molar-refractivity contribution < 1.29 is 31.9 Å². The first kappa shape index (κ1) is 18.0. The summed E-state index contributed by atoms with van der Waals surface area (Å²) in [5.41, 5.74) is -1.55. The first-order valence-corrected chi connectivity index (χ1v) is 7.83. The van der Waals surface area contributed by atoms with Crippen molar-refractivity contribution in [3.63, 3.8) is 0 Å². The molecule has 1 fully saturated rings. The molecule has 1 atom stereocenters. The van der Waals surface area contributed by atoms with Gasteiger partial charge in [0.2, 0.25) is 0 Å². The second-order valence-corrected chi connectivity index (χ2v) is 5.68. The monoisotopic (exact) mass is 368 g/mol. The maximum Gasteiger partial charge on any atom is 0.418 e. The maximum absolute atomic E-state index is 13.3. The molecule has 0 aliphatic carbocycles. The van der Waals surface area contributed by atoms with Crippen LogP contribution in [0, 0.1) is 0 Å². The van der Waals surface area contributed by atoms with Gasteiger partial charge in [-0.05, 0) is 43.2 Å². The number of carbonyl (C=O) groups excluding carboxylic acids is 2. The van der Waals surface area contributed by atoms with Crippen LogP contribution in [0.1, 0.15) is 29.0 Å². The van der Waals surface area contributed by atoms with E-state index in [4.69, 9.17) is 9.15 Å². The Bertz CT molecular complexity index is 797. The first-order valence-electron chi connectivity index (χ1n) is 7.83. The number of halogens is 3. The lowest BCUT2D eigenvalue weighted by molar-refractivity contribution is -0.137. The van der Waals surface area contributed by atoms with Gasteiger partial charge in [-0.2, -0.15) is 13.2 Å². The summed E-state index contributed by atoms with van der Waals surface area (Å²) in [6, 6.07) is 5.90. The SMILES string of the molecule is O=C(Nc1ccc(NC(=O)[C@H]2CCCO2)cc1C(F)(F)F)c1ccco1. The molecule has 26 heavy (non-hydrogen) atoms. The van der Waals surface area contributed by atoms with E-state index in [9.17, 15) is 22.8 Å². The average molecular weight is 368 g/mol. The highest BCUT2D eigenvalue weighted by atomic mass is 19.4. The minimum absolute atomic E-state index is 0.0335. The topological polar surface area (TPSA) is 80.6 Å². The normalized spacial score (nSPS) is 17.1. The zero-order chi connectivity index (χ0) is 18.7. The van der Waals surface area contributed by atoms with E-state index in [1.54, 1.807) is 0 Å². The molecule has 2 heterocycles. The molecule has 0 bridgehead atoms. The smallest absolute Gasteiger partial charge is 0.418 e. The number of hydrogen-bond acceptors (Lipinski definition) is 4. The highest BCUT2D eigenvalue weighted by molar-refractivity contribution is 6.03. The molecular formula is C17H15F3N2O4. The van der Waals surface area contributed by atoms with Crippen LogP contribution in [0.2, 0.25) is 0 Å². The summed E-state index contributed by atoms with van der Waals surface area (Å²) in [5.74, 6) is -1.42. The lowest BCUT2D eigenvalue weighted by Crippen LogP contribution is -2.27. The molecule has 1 saturated heterocycles. The van der Waals surface area contributed by atoms with E-state index >= 15 is 0 Å². The van der Waals surface area contributed by atoms with Crippen molar-refractivity contribution in [2.24, 2.45) is 0 Å². The predicted molar refractivity (Wildman–Crippen MR) is 85.7 cm³/mol. The first-order chi connectivity index (χ1) is 12.3. The van der Waals surface area contributed by atoms with Gasteiger partial charge in [0.1, 0.15) is 6.10 Å². The summed E-state index contributed by atoms with van der Waals surface area (Å²) < 4.78 is 50.1.